The molecule has 6 heteroatoms. The molecule has 0 aliphatic carbocycles. The average Bonchev–Trinajstić information content (AvgIpc) is 2.87. The predicted molar refractivity (Wildman–Crippen MR) is 62.6 cm³/mol. The topological polar surface area (TPSA) is 85.8 Å². The van der Waals surface area contributed by atoms with E-state index in [0.29, 0.717) is 5.76 Å². The van der Waals surface area contributed by atoms with Crippen LogP contribution >= 0.6 is 0 Å². The molecule has 1 aliphatic heterocycles. The molecular formula is C12H12N2O4. The summed E-state index contributed by atoms with van der Waals surface area (Å²) in [6.45, 7) is 0. The van der Waals surface area contributed by atoms with Gasteiger partial charge in [0.2, 0.25) is 0 Å². The Balaban J connectivity index is 2.23. The third kappa shape index (κ3) is 1.78. The van der Waals surface area contributed by atoms with E-state index in [2.05, 4.69) is 0 Å². The van der Waals surface area contributed by atoms with Gasteiger partial charge in [0, 0.05) is 6.08 Å². The van der Waals surface area contributed by atoms with E-state index in [-0.39, 0.29) is 0 Å². The van der Waals surface area contributed by atoms with Gasteiger partial charge in [0.25, 0.3) is 5.91 Å². The number of amides is 1. The minimum absolute atomic E-state index is 0.484. The second-order valence-corrected chi connectivity index (χ2v) is 3.83. The van der Waals surface area contributed by atoms with Crippen molar-refractivity contribution in [3.63, 3.8) is 0 Å². The van der Waals surface area contributed by atoms with Crippen LogP contribution in [0.1, 0.15) is 5.76 Å². The summed E-state index contributed by atoms with van der Waals surface area (Å²) < 4.78 is 5.12. The summed E-state index contributed by atoms with van der Waals surface area (Å²) in [5.41, 5.74) is 4.43. The number of hydrogen-bond donors (Lipinski definition) is 1. The van der Waals surface area contributed by atoms with Crippen LogP contribution in [0.5, 0.6) is 0 Å². The lowest BCUT2D eigenvalue weighted by molar-refractivity contribution is -0.221. The van der Waals surface area contributed by atoms with Crippen LogP contribution in [-0.2, 0) is 14.4 Å². The van der Waals surface area contributed by atoms with Crippen LogP contribution < -0.4 is 5.73 Å². The Hall–Kier alpha value is -2.14. The van der Waals surface area contributed by atoms with Crippen LogP contribution in [-0.4, -0.2) is 35.6 Å². The molecule has 0 bridgehead atoms. The van der Waals surface area contributed by atoms with Crippen molar-refractivity contribution in [1.82, 2.24) is 5.06 Å². The Bertz CT molecular complexity index is 516. The van der Waals surface area contributed by atoms with Crippen LogP contribution in [0.15, 0.2) is 35.0 Å². The van der Waals surface area contributed by atoms with Gasteiger partial charge in [-0.05, 0) is 18.2 Å². The first kappa shape index (κ1) is 12.3. The van der Waals surface area contributed by atoms with Gasteiger partial charge in [0.05, 0.1) is 13.4 Å². The van der Waals surface area contributed by atoms with Crippen LogP contribution in [0.3, 0.4) is 0 Å². The van der Waals surface area contributed by atoms with Crippen molar-refractivity contribution >= 4 is 17.9 Å². The van der Waals surface area contributed by atoms with Gasteiger partial charge in [-0.25, -0.2) is 9.86 Å². The van der Waals surface area contributed by atoms with E-state index in [4.69, 9.17) is 15.0 Å². The fourth-order valence-corrected chi connectivity index (χ4v) is 1.82. The first-order valence-corrected chi connectivity index (χ1v) is 5.24. The second-order valence-electron chi connectivity index (χ2n) is 3.83. The molecule has 94 valence electrons. The van der Waals surface area contributed by atoms with Crippen molar-refractivity contribution in [2.24, 2.45) is 5.73 Å². The third-order valence-electron chi connectivity index (χ3n) is 2.79. The van der Waals surface area contributed by atoms with Crippen molar-refractivity contribution in [3.8, 4) is 0 Å². The summed E-state index contributed by atoms with van der Waals surface area (Å²) in [5.74, 6) is 1.68. The second kappa shape index (κ2) is 4.62. The van der Waals surface area contributed by atoms with Gasteiger partial charge in [-0.15, -0.1) is 0 Å². The van der Waals surface area contributed by atoms with Crippen LogP contribution in [0.2, 0.25) is 0 Å². The number of β-lactam (4-membered cyclic amide) rings is 1. The van der Waals surface area contributed by atoms with Crippen LogP contribution in [0, 0.1) is 0 Å². The number of carbonyl (C=O) groups is 1. The first-order chi connectivity index (χ1) is 8.63. The average molecular weight is 248 g/mol. The number of furan rings is 1. The van der Waals surface area contributed by atoms with E-state index in [0.717, 1.165) is 11.1 Å². The highest BCUT2D eigenvalue weighted by Crippen LogP contribution is 2.31. The molecule has 2 atom stereocenters. The van der Waals surface area contributed by atoms with E-state index in [1.165, 1.54) is 13.4 Å². The van der Waals surface area contributed by atoms with Crippen LogP contribution in [0.25, 0.3) is 6.08 Å². The molecule has 0 aromatic carbocycles. The lowest BCUT2D eigenvalue weighted by Gasteiger charge is -2.48. The standard InChI is InChI=1S/C12H12N2O4/c1-17-14-10(5-4-9-3-2-8-18-9)12(13,6-7-15)11(14)16/h2-6,8,10H,13H2,1H3. The van der Waals surface area contributed by atoms with Crippen molar-refractivity contribution in [2.45, 2.75) is 11.6 Å². The maximum absolute atomic E-state index is 11.7. The van der Waals surface area contributed by atoms with Gasteiger partial charge >= 0.3 is 0 Å². The molecule has 0 radical (unpaired) electrons. The molecule has 2 unspecified atom stereocenters. The molecule has 2 N–H and O–H groups in total. The van der Waals surface area contributed by atoms with E-state index >= 15 is 0 Å². The molecule has 18 heavy (non-hydrogen) atoms. The maximum atomic E-state index is 11.7. The summed E-state index contributed by atoms with van der Waals surface area (Å²) in [4.78, 5) is 27.0. The number of nitrogens with zero attached hydrogens (tertiary/aromatic N) is 1. The van der Waals surface area contributed by atoms with E-state index in [9.17, 15) is 9.59 Å². The van der Waals surface area contributed by atoms with Gasteiger partial charge in [-0.3, -0.25) is 9.63 Å². The summed E-state index contributed by atoms with van der Waals surface area (Å²) in [6.07, 6.45) is 5.82. The molecule has 2 heterocycles. The summed E-state index contributed by atoms with van der Waals surface area (Å²) in [7, 11) is 1.36. The van der Waals surface area contributed by atoms with Crippen molar-refractivity contribution in [2.75, 3.05) is 7.11 Å². The Morgan fingerprint density at radius 1 is 1.67 bits per heavy atom. The summed E-state index contributed by atoms with van der Waals surface area (Å²) in [5, 5.41) is 1.09. The molecule has 1 saturated heterocycles. The normalized spacial score (nSPS) is 27.1. The van der Waals surface area contributed by atoms with Gasteiger partial charge in [-0.2, -0.15) is 0 Å². The zero-order valence-electron chi connectivity index (χ0n) is 9.70. The largest absolute Gasteiger partial charge is 0.465 e. The number of hydrogen-bond acceptors (Lipinski definition) is 5. The monoisotopic (exact) mass is 248 g/mol. The minimum Gasteiger partial charge on any atom is -0.465 e. The highest BCUT2D eigenvalue weighted by atomic mass is 16.7. The Morgan fingerprint density at radius 3 is 3.00 bits per heavy atom. The Morgan fingerprint density at radius 2 is 2.44 bits per heavy atom. The third-order valence-corrected chi connectivity index (χ3v) is 2.79. The highest BCUT2D eigenvalue weighted by molar-refractivity contribution is 5.97. The SMILES string of the molecule is CON1C(=O)C(N)(C=C=O)C1C=Cc1ccco1. The molecule has 1 aromatic rings. The first-order valence-electron chi connectivity index (χ1n) is 5.24. The van der Waals surface area contributed by atoms with E-state index in [1.54, 1.807) is 30.2 Å². The molecule has 1 fully saturated rings. The quantitative estimate of drug-likeness (QED) is 0.605. The van der Waals surface area contributed by atoms with Gasteiger partial charge in [-0.1, -0.05) is 6.08 Å². The fraction of sp³-hybridized carbons (Fsp3) is 0.250. The lowest BCUT2D eigenvalue weighted by atomic mass is 9.81. The molecule has 0 spiro atoms. The van der Waals surface area contributed by atoms with Crippen molar-refractivity contribution in [3.05, 3.63) is 36.3 Å². The highest BCUT2D eigenvalue weighted by Gasteiger charge is 2.57. The van der Waals surface area contributed by atoms with Crippen molar-refractivity contribution in [1.29, 1.82) is 0 Å². The molecule has 2 rings (SSSR count). The van der Waals surface area contributed by atoms with Crippen LogP contribution in [0.4, 0.5) is 0 Å². The Labute approximate surface area is 103 Å². The zero-order valence-corrected chi connectivity index (χ0v) is 9.70. The molecule has 0 saturated carbocycles. The number of nitrogens with two attached hydrogens (primary N) is 1. The lowest BCUT2D eigenvalue weighted by Crippen LogP contribution is -2.76. The van der Waals surface area contributed by atoms with Gasteiger partial charge < -0.3 is 10.2 Å². The van der Waals surface area contributed by atoms with Crippen molar-refractivity contribution < 1.29 is 18.8 Å². The molecular weight excluding hydrogens is 236 g/mol. The molecule has 6 nitrogen and oxygen atoms in total. The van der Waals surface area contributed by atoms with E-state index < -0.39 is 17.5 Å². The summed E-state index contributed by atoms with van der Waals surface area (Å²) >= 11 is 0. The number of rotatable bonds is 4. The van der Waals surface area contributed by atoms with Gasteiger partial charge in [0.1, 0.15) is 17.7 Å². The zero-order chi connectivity index (χ0) is 13.2. The maximum Gasteiger partial charge on any atom is 0.274 e. The molecule has 1 aromatic heterocycles. The molecule has 1 amide bonds. The summed E-state index contributed by atoms with van der Waals surface area (Å²) in [6, 6.07) is 2.92. The molecule has 1 aliphatic rings. The minimum atomic E-state index is -1.40. The smallest absolute Gasteiger partial charge is 0.274 e. The van der Waals surface area contributed by atoms with E-state index in [1.807, 2.05) is 0 Å². The fourth-order valence-electron chi connectivity index (χ4n) is 1.82. The Kier molecular flexibility index (Phi) is 3.16. The van der Waals surface area contributed by atoms with Gasteiger partial charge in [0.15, 0.2) is 5.54 Å². The predicted octanol–water partition coefficient (Wildman–Crippen LogP) is 0.150. The number of carbonyl (C=O) groups excluding carboxylic acids is 2. The number of hydroxylamine groups is 2.